The molecule has 0 bridgehead atoms. The van der Waals surface area contributed by atoms with Gasteiger partial charge in [-0.3, -0.25) is 9.59 Å². The number of carbonyl (C=O) groups is 3. The van der Waals surface area contributed by atoms with Gasteiger partial charge in [0.25, 0.3) is 0 Å². The number of carboxylic acids is 1. The molecule has 0 spiro atoms. The third-order valence-electron chi connectivity index (χ3n) is 8.33. The molecule has 0 aliphatic carbocycles. The number of hydrogen-bond acceptors (Lipinski definition) is 7. The molecule has 0 aromatic heterocycles. The van der Waals surface area contributed by atoms with Crippen molar-refractivity contribution in [1.29, 1.82) is 0 Å². The van der Waals surface area contributed by atoms with E-state index in [1.165, 1.54) is 38.5 Å². The highest BCUT2D eigenvalue weighted by Gasteiger charge is 2.25. The third-order valence-corrected chi connectivity index (χ3v) is 8.33. The molecule has 54 heavy (non-hydrogen) atoms. The number of nitrogens with zero attached hydrogens (tertiary/aromatic N) is 1. The normalized spacial score (nSPS) is 14.0. The number of allylic oxidation sites excluding steroid dienone is 16. The molecule has 0 aromatic rings. The van der Waals surface area contributed by atoms with Crippen LogP contribution in [0.4, 0.5) is 0 Å². The number of unbranched alkanes of at least 4 members (excludes halogenated alkanes) is 8. The van der Waals surface area contributed by atoms with Gasteiger partial charge in [0.05, 0.1) is 40.3 Å². The lowest BCUT2D eigenvalue weighted by molar-refractivity contribution is -0.889. The number of carbonyl (C=O) groups excluding carboxylic acids is 3. The first-order valence-electron chi connectivity index (χ1n) is 20.3. The number of aliphatic carboxylic acids is 1. The largest absolute Gasteiger partial charge is 0.544 e. The van der Waals surface area contributed by atoms with Crippen molar-refractivity contribution in [3.05, 3.63) is 97.2 Å². The lowest BCUT2D eigenvalue weighted by atomic mass is 10.1. The van der Waals surface area contributed by atoms with Crippen molar-refractivity contribution in [1.82, 2.24) is 0 Å². The summed E-state index contributed by atoms with van der Waals surface area (Å²) in [6, 6.07) is -0.751. The van der Waals surface area contributed by atoms with E-state index >= 15 is 0 Å². The van der Waals surface area contributed by atoms with Crippen LogP contribution in [0.25, 0.3) is 0 Å². The van der Waals surface area contributed by atoms with Crippen LogP contribution < -0.4 is 5.11 Å². The second-order valence-electron chi connectivity index (χ2n) is 14.3. The average molecular weight is 752 g/mol. The van der Waals surface area contributed by atoms with Gasteiger partial charge in [0.2, 0.25) is 0 Å². The summed E-state index contributed by atoms with van der Waals surface area (Å²) in [4.78, 5) is 36.7. The fourth-order valence-corrected chi connectivity index (χ4v) is 5.17. The Bertz CT molecular complexity index is 1200. The molecule has 2 unspecified atom stereocenters. The Hall–Kier alpha value is -3.75. The molecule has 0 saturated heterocycles. The topological polar surface area (TPSA) is 102 Å². The summed E-state index contributed by atoms with van der Waals surface area (Å²) < 4.78 is 17.0. The van der Waals surface area contributed by atoms with Gasteiger partial charge in [-0.05, 0) is 57.8 Å². The maximum Gasteiger partial charge on any atom is 0.306 e. The van der Waals surface area contributed by atoms with E-state index in [0.717, 1.165) is 32.1 Å². The van der Waals surface area contributed by atoms with E-state index in [9.17, 15) is 19.5 Å². The highest BCUT2D eigenvalue weighted by atomic mass is 16.6. The maximum atomic E-state index is 12.6. The number of carboxylic acid groups (broad SMARTS) is 1. The van der Waals surface area contributed by atoms with Gasteiger partial charge in [0.1, 0.15) is 12.6 Å². The van der Waals surface area contributed by atoms with Crippen LogP contribution >= 0.6 is 0 Å². The van der Waals surface area contributed by atoms with Gasteiger partial charge < -0.3 is 28.6 Å². The van der Waals surface area contributed by atoms with Crippen molar-refractivity contribution in [3.63, 3.8) is 0 Å². The van der Waals surface area contributed by atoms with Gasteiger partial charge in [-0.25, -0.2) is 0 Å². The first-order chi connectivity index (χ1) is 26.1. The number of rotatable bonds is 34. The van der Waals surface area contributed by atoms with Crippen LogP contribution in [0.3, 0.4) is 0 Å². The predicted octanol–water partition coefficient (Wildman–Crippen LogP) is 9.40. The highest BCUT2D eigenvalue weighted by molar-refractivity contribution is 5.70. The van der Waals surface area contributed by atoms with Gasteiger partial charge in [-0.2, -0.15) is 0 Å². The zero-order valence-corrected chi connectivity index (χ0v) is 34.3. The van der Waals surface area contributed by atoms with Crippen molar-refractivity contribution in [2.45, 2.75) is 135 Å². The van der Waals surface area contributed by atoms with Crippen molar-refractivity contribution < 1.29 is 38.2 Å². The molecule has 8 nitrogen and oxygen atoms in total. The minimum Gasteiger partial charge on any atom is -0.544 e. The molecule has 0 heterocycles. The van der Waals surface area contributed by atoms with Crippen LogP contribution in [0.1, 0.15) is 123 Å². The van der Waals surface area contributed by atoms with Crippen LogP contribution in [0.2, 0.25) is 0 Å². The summed E-state index contributed by atoms with van der Waals surface area (Å²) in [6.07, 6.45) is 47.4. The van der Waals surface area contributed by atoms with Crippen molar-refractivity contribution in [3.8, 4) is 0 Å². The molecule has 304 valence electrons. The summed E-state index contributed by atoms with van der Waals surface area (Å²) >= 11 is 0. The van der Waals surface area contributed by atoms with Gasteiger partial charge in [0.15, 0.2) is 6.10 Å². The van der Waals surface area contributed by atoms with Gasteiger partial charge in [0, 0.05) is 19.3 Å². The van der Waals surface area contributed by atoms with E-state index in [1.54, 1.807) is 21.1 Å². The Labute approximate surface area is 328 Å². The van der Waals surface area contributed by atoms with E-state index < -0.39 is 24.1 Å². The molecule has 8 heteroatoms. The molecule has 0 aromatic carbocycles. The SMILES string of the molecule is CC/C=C/C=C/C=C/C=C/C=C/CCCC(=O)OC(COCCC(C(=O)[O-])[N+](C)(C)C)COC(=O)CCC/C=C/C/C=C/C/C=C/CCCCCCCC. The smallest absolute Gasteiger partial charge is 0.306 e. The molecule has 0 saturated carbocycles. The van der Waals surface area contributed by atoms with Crippen LogP contribution in [-0.2, 0) is 28.6 Å². The highest BCUT2D eigenvalue weighted by Crippen LogP contribution is 2.10. The van der Waals surface area contributed by atoms with E-state index in [4.69, 9.17) is 14.2 Å². The Morgan fingerprint density at radius 3 is 1.70 bits per heavy atom. The first-order valence-corrected chi connectivity index (χ1v) is 20.3. The van der Waals surface area contributed by atoms with Gasteiger partial charge >= 0.3 is 11.9 Å². The summed E-state index contributed by atoms with van der Waals surface area (Å²) in [6.45, 7) is 4.34. The van der Waals surface area contributed by atoms with Crippen molar-refractivity contribution in [2.24, 2.45) is 0 Å². The van der Waals surface area contributed by atoms with Crippen LogP contribution in [0.5, 0.6) is 0 Å². The molecular weight excluding hydrogens is 679 g/mol. The summed E-state index contributed by atoms with van der Waals surface area (Å²) in [7, 11) is 5.34. The average Bonchev–Trinajstić information content (AvgIpc) is 3.12. The summed E-state index contributed by atoms with van der Waals surface area (Å²) in [5.74, 6) is -1.92. The van der Waals surface area contributed by atoms with Gasteiger partial charge in [-0.1, -0.05) is 143 Å². The molecule has 0 fully saturated rings. The molecule has 2 atom stereocenters. The Kier molecular flexibility index (Phi) is 33.7. The Morgan fingerprint density at radius 1 is 0.593 bits per heavy atom. The van der Waals surface area contributed by atoms with Crippen LogP contribution in [0.15, 0.2) is 97.2 Å². The molecular formula is C46H73NO7. The third kappa shape index (κ3) is 34.0. The van der Waals surface area contributed by atoms with E-state index in [2.05, 4.69) is 56.4 Å². The Balaban J connectivity index is 4.60. The number of quaternary nitrogens is 1. The first kappa shape index (κ1) is 50.2. The van der Waals surface area contributed by atoms with Crippen molar-refractivity contribution in [2.75, 3.05) is 41.0 Å². The second kappa shape index (κ2) is 36.2. The van der Waals surface area contributed by atoms with Crippen LogP contribution in [-0.4, -0.2) is 75.5 Å². The molecule has 0 radical (unpaired) electrons. The lowest BCUT2D eigenvalue weighted by Gasteiger charge is -2.34. The minimum atomic E-state index is -1.15. The monoisotopic (exact) mass is 752 g/mol. The van der Waals surface area contributed by atoms with E-state index in [-0.39, 0.29) is 49.5 Å². The number of esters is 2. The number of hydrogen-bond donors (Lipinski definition) is 0. The minimum absolute atomic E-state index is 0.0105. The molecule has 0 aliphatic rings. The second-order valence-corrected chi connectivity index (χ2v) is 14.3. The number of likely N-dealkylation sites (N-methyl/N-ethyl adjacent to an activating group) is 1. The van der Waals surface area contributed by atoms with Crippen LogP contribution in [0, 0.1) is 0 Å². The standard InChI is InChI=1S/C46H73NO7/c1-6-8-10-12-14-16-18-20-21-22-23-25-26-28-30-32-34-36-44(48)53-41-42(40-52-39-38-43(46(50)51)47(3,4)5)54-45(49)37-35-33-31-29-27-24-19-17-15-13-11-9-7-2/h9,11,13,15,17,19-21,23-25,27-31,42-43H,6-8,10,12,14,16,18,22,26,32-41H2,1-5H3/b11-9+,15-13+,19-17+,21-20+,25-23+,27-24+,30-28+,31-29+. The number of ether oxygens (including phenoxy) is 3. The lowest BCUT2D eigenvalue weighted by Crippen LogP contribution is -2.55. The van der Waals surface area contributed by atoms with Gasteiger partial charge in [-0.15, -0.1) is 0 Å². The molecule has 0 rings (SSSR count). The maximum absolute atomic E-state index is 12.6. The predicted molar refractivity (Wildman–Crippen MR) is 221 cm³/mol. The fourth-order valence-electron chi connectivity index (χ4n) is 5.17. The van der Waals surface area contributed by atoms with E-state index in [1.807, 2.05) is 54.7 Å². The zero-order valence-electron chi connectivity index (χ0n) is 34.3. The Morgan fingerprint density at radius 2 is 1.11 bits per heavy atom. The molecule has 0 N–H and O–H groups in total. The molecule has 0 amide bonds. The molecule has 0 aliphatic heterocycles. The zero-order chi connectivity index (χ0) is 40.0. The van der Waals surface area contributed by atoms with E-state index in [0.29, 0.717) is 19.3 Å². The van der Waals surface area contributed by atoms with Crippen molar-refractivity contribution >= 4 is 17.9 Å². The quantitative estimate of drug-likeness (QED) is 0.0212. The fraction of sp³-hybridized carbons (Fsp3) is 0.587. The summed E-state index contributed by atoms with van der Waals surface area (Å²) in [5, 5.41) is 11.6. The summed E-state index contributed by atoms with van der Waals surface area (Å²) in [5.41, 5.74) is 0.